The third kappa shape index (κ3) is 6.10. The quantitative estimate of drug-likeness (QED) is 0.447. The third-order valence-corrected chi connectivity index (χ3v) is 4.81. The predicted octanol–water partition coefficient (Wildman–Crippen LogP) is 5.83. The highest BCUT2D eigenvalue weighted by Crippen LogP contribution is 2.19. The number of rotatable bonds is 10. The Bertz CT molecular complexity index is 869. The minimum Gasteiger partial charge on any atom is -0.494 e. The Balaban J connectivity index is 1.30. The summed E-state index contributed by atoms with van der Waals surface area (Å²) in [5.41, 5.74) is 7.83. The minimum atomic E-state index is 0.364. The van der Waals surface area contributed by atoms with Crippen LogP contribution in [0.4, 0.5) is 5.95 Å². The van der Waals surface area contributed by atoms with Gasteiger partial charge in [-0.1, -0.05) is 61.5 Å². The van der Waals surface area contributed by atoms with Gasteiger partial charge in [-0.05, 0) is 43.5 Å². The van der Waals surface area contributed by atoms with Crippen LogP contribution in [0.2, 0.25) is 5.02 Å². The highest BCUT2D eigenvalue weighted by Gasteiger charge is 2.05. The van der Waals surface area contributed by atoms with Crippen molar-refractivity contribution >= 4 is 28.5 Å². The second-order valence-corrected chi connectivity index (χ2v) is 7.16. The second-order valence-electron chi connectivity index (χ2n) is 6.72. The SMILES string of the molecule is Nc1nc(CCCCCCCCOc2cccc(Cl)c2)c2ccccc2n1. The maximum Gasteiger partial charge on any atom is 0.220 e. The van der Waals surface area contributed by atoms with Gasteiger partial charge in [-0.25, -0.2) is 9.97 Å². The number of nitrogen functional groups attached to an aromatic ring is 1. The molecule has 0 unspecified atom stereocenters. The number of halogens is 1. The fourth-order valence-corrected chi connectivity index (χ4v) is 3.38. The molecule has 27 heavy (non-hydrogen) atoms. The lowest BCUT2D eigenvalue weighted by atomic mass is 10.1. The van der Waals surface area contributed by atoms with Gasteiger partial charge in [0.15, 0.2) is 0 Å². The molecule has 0 spiro atoms. The molecule has 4 nitrogen and oxygen atoms in total. The first-order valence-electron chi connectivity index (χ1n) is 9.62. The number of aryl methyl sites for hydroxylation is 1. The van der Waals surface area contributed by atoms with Crippen LogP contribution in [-0.4, -0.2) is 16.6 Å². The monoisotopic (exact) mass is 383 g/mol. The number of hydrogen-bond acceptors (Lipinski definition) is 4. The Hall–Kier alpha value is -2.33. The van der Waals surface area contributed by atoms with Crippen molar-refractivity contribution in [3.8, 4) is 5.75 Å². The van der Waals surface area contributed by atoms with Gasteiger partial charge < -0.3 is 10.5 Å². The summed E-state index contributed by atoms with van der Waals surface area (Å²) in [5.74, 6) is 1.21. The number of aromatic nitrogens is 2. The standard InChI is InChI=1S/C22H26ClN3O/c23-17-10-9-11-18(16-17)27-15-8-4-2-1-3-5-13-20-19-12-6-7-14-21(19)26-22(24)25-20/h6-7,9-12,14,16H,1-5,8,13,15H2,(H2,24,25,26). The molecule has 0 aliphatic rings. The van der Waals surface area contributed by atoms with E-state index in [9.17, 15) is 0 Å². The molecule has 5 heteroatoms. The number of nitrogens with two attached hydrogens (primary N) is 1. The largest absolute Gasteiger partial charge is 0.494 e. The Morgan fingerprint density at radius 2 is 1.63 bits per heavy atom. The van der Waals surface area contributed by atoms with Gasteiger partial charge in [0, 0.05) is 10.4 Å². The molecule has 1 aromatic heterocycles. The molecule has 0 fully saturated rings. The van der Waals surface area contributed by atoms with Crippen LogP contribution in [0.25, 0.3) is 10.9 Å². The van der Waals surface area contributed by atoms with Gasteiger partial charge in [0.1, 0.15) is 5.75 Å². The number of unbranched alkanes of at least 4 members (excludes halogenated alkanes) is 5. The fraction of sp³-hybridized carbons (Fsp3) is 0.364. The Kier molecular flexibility index (Phi) is 7.28. The smallest absolute Gasteiger partial charge is 0.220 e. The highest BCUT2D eigenvalue weighted by atomic mass is 35.5. The molecule has 3 aromatic rings. The van der Waals surface area contributed by atoms with Crippen LogP contribution in [0.15, 0.2) is 48.5 Å². The first-order valence-corrected chi connectivity index (χ1v) is 10.00. The summed E-state index contributed by atoms with van der Waals surface area (Å²) in [6.07, 6.45) is 7.99. The van der Waals surface area contributed by atoms with Crippen molar-refractivity contribution in [3.63, 3.8) is 0 Å². The van der Waals surface area contributed by atoms with Crippen molar-refractivity contribution in [2.45, 2.75) is 44.9 Å². The highest BCUT2D eigenvalue weighted by molar-refractivity contribution is 6.30. The first kappa shape index (κ1) is 19.4. The number of anilines is 1. The van der Waals surface area contributed by atoms with Crippen molar-refractivity contribution in [2.75, 3.05) is 12.3 Å². The van der Waals surface area contributed by atoms with E-state index in [0.29, 0.717) is 11.0 Å². The van der Waals surface area contributed by atoms with Crippen molar-refractivity contribution in [1.29, 1.82) is 0 Å². The summed E-state index contributed by atoms with van der Waals surface area (Å²) in [6, 6.07) is 15.6. The summed E-state index contributed by atoms with van der Waals surface area (Å²) in [4.78, 5) is 8.73. The first-order chi connectivity index (χ1) is 13.2. The van der Waals surface area contributed by atoms with Crippen LogP contribution >= 0.6 is 11.6 Å². The van der Waals surface area contributed by atoms with Crippen LogP contribution in [0.3, 0.4) is 0 Å². The molecule has 142 valence electrons. The van der Waals surface area contributed by atoms with E-state index in [-0.39, 0.29) is 0 Å². The van der Waals surface area contributed by atoms with Crippen molar-refractivity contribution in [1.82, 2.24) is 9.97 Å². The molecule has 0 radical (unpaired) electrons. The van der Waals surface area contributed by atoms with E-state index in [4.69, 9.17) is 22.1 Å². The number of nitrogens with zero attached hydrogens (tertiary/aromatic N) is 2. The molecular weight excluding hydrogens is 358 g/mol. The summed E-state index contributed by atoms with van der Waals surface area (Å²) >= 11 is 5.95. The number of ether oxygens (including phenoxy) is 1. The summed E-state index contributed by atoms with van der Waals surface area (Å²) in [5, 5.41) is 1.83. The molecule has 0 saturated carbocycles. The molecule has 0 aliphatic heterocycles. The maximum absolute atomic E-state index is 5.95. The van der Waals surface area contributed by atoms with Crippen LogP contribution in [-0.2, 0) is 6.42 Å². The molecule has 0 saturated heterocycles. The number of fused-ring (bicyclic) bond motifs is 1. The number of hydrogen-bond donors (Lipinski definition) is 1. The molecular formula is C22H26ClN3O. The maximum atomic E-state index is 5.95. The van der Waals surface area contributed by atoms with Crippen molar-refractivity contribution in [3.05, 3.63) is 59.2 Å². The van der Waals surface area contributed by atoms with E-state index in [0.717, 1.165) is 48.2 Å². The lowest BCUT2D eigenvalue weighted by molar-refractivity contribution is 0.304. The molecule has 0 amide bonds. The van der Waals surface area contributed by atoms with E-state index in [1.807, 2.05) is 42.5 Å². The van der Waals surface area contributed by atoms with Gasteiger partial charge in [-0.15, -0.1) is 0 Å². The van der Waals surface area contributed by atoms with Gasteiger partial charge in [0.25, 0.3) is 0 Å². The van der Waals surface area contributed by atoms with Gasteiger partial charge in [0.2, 0.25) is 5.95 Å². The van der Waals surface area contributed by atoms with Crippen molar-refractivity contribution < 1.29 is 4.74 Å². The summed E-state index contributed by atoms with van der Waals surface area (Å²) < 4.78 is 5.71. The number of para-hydroxylation sites is 1. The zero-order valence-corrected chi connectivity index (χ0v) is 16.3. The molecule has 2 N–H and O–H groups in total. The zero-order valence-electron chi connectivity index (χ0n) is 15.5. The summed E-state index contributed by atoms with van der Waals surface area (Å²) in [6.45, 7) is 0.743. The molecule has 2 aromatic carbocycles. The topological polar surface area (TPSA) is 61.0 Å². The fourth-order valence-electron chi connectivity index (χ4n) is 3.20. The molecule has 1 heterocycles. The molecule has 0 aliphatic carbocycles. The molecule has 0 bridgehead atoms. The van der Waals surface area contributed by atoms with Crippen molar-refractivity contribution in [2.24, 2.45) is 0 Å². The van der Waals surface area contributed by atoms with Gasteiger partial charge in [-0.3, -0.25) is 0 Å². The Morgan fingerprint density at radius 3 is 2.48 bits per heavy atom. The van der Waals surface area contributed by atoms with Crippen LogP contribution < -0.4 is 10.5 Å². The van der Waals surface area contributed by atoms with Gasteiger partial charge in [0.05, 0.1) is 17.8 Å². The van der Waals surface area contributed by atoms with Gasteiger partial charge >= 0.3 is 0 Å². The lowest BCUT2D eigenvalue weighted by Gasteiger charge is -2.07. The Labute approximate surface area is 165 Å². The average molecular weight is 384 g/mol. The predicted molar refractivity (Wildman–Crippen MR) is 112 cm³/mol. The van der Waals surface area contributed by atoms with Crippen LogP contribution in [0, 0.1) is 0 Å². The molecule has 3 rings (SSSR count). The van der Waals surface area contributed by atoms with Crippen LogP contribution in [0.1, 0.15) is 44.2 Å². The lowest BCUT2D eigenvalue weighted by Crippen LogP contribution is -2.01. The third-order valence-electron chi connectivity index (χ3n) is 4.57. The zero-order chi connectivity index (χ0) is 18.9. The number of benzene rings is 2. The summed E-state index contributed by atoms with van der Waals surface area (Å²) in [7, 11) is 0. The van der Waals surface area contributed by atoms with E-state index in [1.165, 1.54) is 25.7 Å². The van der Waals surface area contributed by atoms with E-state index >= 15 is 0 Å². The normalized spacial score (nSPS) is 11.0. The minimum absolute atomic E-state index is 0.364. The Morgan fingerprint density at radius 1 is 0.852 bits per heavy atom. The van der Waals surface area contributed by atoms with Gasteiger partial charge in [-0.2, -0.15) is 0 Å². The van der Waals surface area contributed by atoms with Crippen LogP contribution in [0.5, 0.6) is 5.75 Å². The second kappa shape index (κ2) is 10.1. The average Bonchev–Trinajstić information content (AvgIpc) is 2.66. The van der Waals surface area contributed by atoms with E-state index in [1.54, 1.807) is 0 Å². The van der Waals surface area contributed by atoms with E-state index < -0.39 is 0 Å². The molecule has 0 atom stereocenters. The van der Waals surface area contributed by atoms with E-state index in [2.05, 4.69) is 16.0 Å².